The fourth-order valence-electron chi connectivity index (χ4n) is 1.39. The Labute approximate surface area is 133 Å². The number of hydrogen-bond donors (Lipinski definition) is 0. The number of carbonyl (C=O) groups is 3. The summed E-state index contributed by atoms with van der Waals surface area (Å²) in [7, 11) is 0. The van der Waals surface area contributed by atoms with E-state index in [-0.39, 0.29) is 36.9 Å². The lowest BCUT2D eigenvalue weighted by Crippen LogP contribution is -2.14. The maximum absolute atomic E-state index is 11.4. The molecule has 0 N–H and O–H groups in total. The van der Waals surface area contributed by atoms with Gasteiger partial charge in [0.1, 0.15) is 5.75 Å². The van der Waals surface area contributed by atoms with E-state index in [0.717, 1.165) is 0 Å². The molecule has 0 amide bonds. The van der Waals surface area contributed by atoms with Crippen LogP contribution in [-0.4, -0.2) is 31.5 Å². The molecule has 1 aromatic rings. The molecule has 0 saturated carbocycles. The molecule has 0 aromatic heterocycles. The van der Waals surface area contributed by atoms with E-state index in [1.807, 2.05) is 0 Å². The number of benzene rings is 1. The summed E-state index contributed by atoms with van der Waals surface area (Å²) in [6.07, 6.45) is -1.77. The van der Waals surface area contributed by atoms with Gasteiger partial charge in [0.05, 0.1) is 13.2 Å². The number of ether oxygens (including phenoxy) is 5. The predicted molar refractivity (Wildman–Crippen MR) is 77.7 cm³/mol. The zero-order chi connectivity index (χ0) is 17.2. The molecule has 0 radical (unpaired) electrons. The maximum Gasteiger partial charge on any atom is 0.513 e. The molecule has 0 unspecified atom stereocenters. The third kappa shape index (κ3) is 6.25. The minimum atomic E-state index is -0.986. The molecule has 0 heterocycles. The van der Waals surface area contributed by atoms with Crippen molar-refractivity contribution in [2.75, 3.05) is 13.2 Å². The summed E-state index contributed by atoms with van der Waals surface area (Å²) in [4.78, 5) is 34.1. The molecule has 23 heavy (non-hydrogen) atoms. The average molecular weight is 326 g/mol. The van der Waals surface area contributed by atoms with Crippen molar-refractivity contribution in [3.05, 3.63) is 18.2 Å². The molecule has 0 aliphatic carbocycles. The summed E-state index contributed by atoms with van der Waals surface area (Å²) >= 11 is 0. The van der Waals surface area contributed by atoms with Crippen molar-refractivity contribution < 1.29 is 38.1 Å². The van der Waals surface area contributed by atoms with Gasteiger partial charge in [-0.3, -0.25) is 4.79 Å². The van der Waals surface area contributed by atoms with Crippen LogP contribution in [0.3, 0.4) is 0 Å². The second-order valence-corrected chi connectivity index (χ2v) is 4.01. The molecule has 0 spiro atoms. The highest BCUT2D eigenvalue weighted by molar-refractivity contribution is 5.73. The number of esters is 1. The lowest BCUT2D eigenvalue weighted by Gasteiger charge is -2.11. The van der Waals surface area contributed by atoms with Crippen molar-refractivity contribution in [1.29, 1.82) is 0 Å². The van der Waals surface area contributed by atoms with Gasteiger partial charge in [0.25, 0.3) is 0 Å². The first-order chi connectivity index (χ1) is 11.0. The first-order valence-electron chi connectivity index (χ1n) is 7.04. The van der Waals surface area contributed by atoms with Crippen LogP contribution in [0, 0.1) is 0 Å². The third-order valence-corrected chi connectivity index (χ3v) is 2.35. The van der Waals surface area contributed by atoms with Crippen LogP contribution in [0.4, 0.5) is 9.59 Å². The average Bonchev–Trinajstić information content (AvgIpc) is 2.50. The second-order valence-electron chi connectivity index (χ2n) is 4.01. The quantitative estimate of drug-likeness (QED) is 0.447. The summed E-state index contributed by atoms with van der Waals surface area (Å²) in [5.41, 5.74) is 0. The van der Waals surface area contributed by atoms with Crippen LogP contribution in [0.15, 0.2) is 18.2 Å². The highest BCUT2D eigenvalue weighted by Crippen LogP contribution is 2.32. The Bertz CT molecular complexity index is 567. The Morgan fingerprint density at radius 2 is 1.39 bits per heavy atom. The summed E-state index contributed by atoms with van der Waals surface area (Å²) in [6.45, 7) is 5.09. The smallest absolute Gasteiger partial charge is 0.434 e. The third-order valence-electron chi connectivity index (χ3n) is 2.35. The normalized spacial score (nSPS) is 9.70. The molecule has 1 aromatic carbocycles. The van der Waals surface area contributed by atoms with Crippen molar-refractivity contribution >= 4 is 18.3 Å². The Hall–Kier alpha value is -2.77. The zero-order valence-corrected chi connectivity index (χ0v) is 13.1. The highest BCUT2D eigenvalue weighted by Gasteiger charge is 2.17. The van der Waals surface area contributed by atoms with Crippen LogP contribution < -0.4 is 14.2 Å². The summed E-state index contributed by atoms with van der Waals surface area (Å²) in [5, 5.41) is 0. The van der Waals surface area contributed by atoms with Crippen molar-refractivity contribution in [3.8, 4) is 17.2 Å². The van der Waals surface area contributed by atoms with E-state index in [1.165, 1.54) is 18.2 Å². The van der Waals surface area contributed by atoms with Gasteiger partial charge in [-0.2, -0.15) is 0 Å². The summed E-state index contributed by atoms with van der Waals surface area (Å²) in [6, 6.07) is 3.93. The molecule has 8 heteroatoms. The van der Waals surface area contributed by atoms with Gasteiger partial charge in [0.15, 0.2) is 11.5 Å². The number of hydrogen-bond acceptors (Lipinski definition) is 8. The molecule has 126 valence electrons. The lowest BCUT2D eigenvalue weighted by atomic mass is 10.3. The van der Waals surface area contributed by atoms with E-state index in [1.54, 1.807) is 20.8 Å². The molecule has 0 fully saturated rings. The summed E-state index contributed by atoms with van der Waals surface area (Å²) < 4.78 is 24.2. The molecule has 0 saturated heterocycles. The minimum absolute atomic E-state index is 0.0761. The Morgan fingerprint density at radius 3 is 1.91 bits per heavy atom. The first kappa shape index (κ1) is 18.3. The van der Waals surface area contributed by atoms with Crippen LogP contribution in [-0.2, 0) is 14.3 Å². The van der Waals surface area contributed by atoms with Crippen molar-refractivity contribution in [2.24, 2.45) is 0 Å². The standard InChI is InChI=1S/C15H18O8/c1-4-13(16)21-10-7-8-11(22-14(17)19-5-2)12(9-10)23-15(18)20-6-3/h7-9H,4-6H2,1-3H3. The monoisotopic (exact) mass is 326 g/mol. The number of carbonyl (C=O) groups excluding carboxylic acids is 3. The van der Waals surface area contributed by atoms with Gasteiger partial charge < -0.3 is 23.7 Å². The first-order valence-corrected chi connectivity index (χ1v) is 7.04. The number of rotatable bonds is 6. The van der Waals surface area contributed by atoms with Crippen LogP contribution in [0.25, 0.3) is 0 Å². The van der Waals surface area contributed by atoms with Crippen LogP contribution >= 0.6 is 0 Å². The van der Waals surface area contributed by atoms with Gasteiger partial charge in [-0.1, -0.05) is 6.92 Å². The van der Waals surface area contributed by atoms with E-state index in [0.29, 0.717) is 0 Å². The molecule has 0 bridgehead atoms. The largest absolute Gasteiger partial charge is 0.513 e. The fraction of sp³-hybridized carbons (Fsp3) is 0.400. The molecular weight excluding hydrogens is 308 g/mol. The molecule has 1 rings (SSSR count). The lowest BCUT2D eigenvalue weighted by molar-refractivity contribution is -0.134. The molecule has 0 atom stereocenters. The SMILES string of the molecule is CCOC(=O)Oc1ccc(OC(=O)CC)cc1OC(=O)OCC. The maximum atomic E-state index is 11.4. The van der Waals surface area contributed by atoms with E-state index < -0.39 is 18.3 Å². The van der Waals surface area contributed by atoms with Crippen molar-refractivity contribution in [2.45, 2.75) is 27.2 Å². The van der Waals surface area contributed by atoms with Gasteiger partial charge in [-0.15, -0.1) is 0 Å². The highest BCUT2D eigenvalue weighted by atomic mass is 16.7. The van der Waals surface area contributed by atoms with Crippen molar-refractivity contribution in [1.82, 2.24) is 0 Å². The topological polar surface area (TPSA) is 97.4 Å². The van der Waals surface area contributed by atoms with E-state index in [4.69, 9.17) is 14.2 Å². The second kappa shape index (κ2) is 9.29. The Morgan fingerprint density at radius 1 is 0.826 bits per heavy atom. The van der Waals surface area contributed by atoms with E-state index in [9.17, 15) is 14.4 Å². The predicted octanol–water partition coefficient (Wildman–Crippen LogP) is 3.07. The Kier molecular flexibility index (Phi) is 7.38. The molecule has 0 aliphatic rings. The Balaban J connectivity index is 2.99. The molecular formula is C15H18O8. The summed E-state index contributed by atoms with van der Waals surface area (Å²) in [5.74, 6) is -0.552. The van der Waals surface area contributed by atoms with Gasteiger partial charge in [-0.25, -0.2) is 9.59 Å². The van der Waals surface area contributed by atoms with Crippen molar-refractivity contribution in [3.63, 3.8) is 0 Å². The van der Waals surface area contributed by atoms with E-state index in [2.05, 4.69) is 9.47 Å². The molecule has 0 aliphatic heterocycles. The minimum Gasteiger partial charge on any atom is -0.434 e. The zero-order valence-electron chi connectivity index (χ0n) is 13.1. The molecule has 8 nitrogen and oxygen atoms in total. The van der Waals surface area contributed by atoms with Crippen LogP contribution in [0.5, 0.6) is 17.2 Å². The fourth-order valence-corrected chi connectivity index (χ4v) is 1.39. The van der Waals surface area contributed by atoms with Crippen LogP contribution in [0.1, 0.15) is 27.2 Å². The van der Waals surface area contributed by atoms with Gasteiger partial charge in [0, 0.05) is 12.5 Å². The van der Waals surface area contributed by atoms with E-state index >= 15 is 0 Å². The van der Waals surface area contributed by atoms with Gasteiger partial charge in [0.2, 0.25) is 0 Å². The van der Waals surface area contributed by atoms with Crippen LogP contribution in [0.2, 0.25) is 0 Å². The van der Waals surface area contributed by atoms with Gasteiger partial charge >= 0.3 is 18.3 Å². The van der Waals surface area contributed by atoms with Gasteiger partial charge in [-0.05, 0) is 26.0 Å².